The van der Waals surface area contributed by atoms with Gasteiger partial charge in [0.1, 0.15) is 0 Å². The molecule has 4 heterocycles. The predicted octanol–water partition coefficient (Wildman–Crippen LogP) is 25.3. The molecule has 4 aromatic heterocycles. The monoisotopic (exact) mass is 1220 g/mol. The van der Waals surface area contributed by atoms with E-state index in [1.54, 1.807) is 0 Å². The van der Waals surface area contributed by atoms with Gasteiger partial charge in [0.05, 0.1) is 44.8 Å². The van der Waals surface area contributed by atoms with Gasteiger partial charge in [0, 0.05) is 43.8 Å². The zero-order valence-corrected chi connectivity index (χ0v) is 55.9. The molecule has 0 aliphatic heterocycles. The van der Waals surface area contributed by atoms with E-state index in [2.05, 4.69) is 241 Å². The number of aryl methyl sites for hydroxylation is 5. The summed E-state index contributed by atoms with van der Waals surface area (Å²) in [6, 6.07) is 77.3. The van der Waals surface area contributed by atoms with Crippen molar-refractivity contribution in [2.24, 2.45) is 0 Å². The van der Waals surface area contributed by atoms with E-state index in [0.717, 1.165) is 68.5 Å². The van der Waals surface area contributed by atoms with Crippen molar-refractivity contribution in [1.82, 2.24) is 19.9 Å². The van der Waals surface area contributed by atoms with Crippen LogP contribution in [-0.2, 0) is 0 Å². The summed E-state index contributed by atoms with van der Waals surface area (Å²) < 4.78 is 0. The van der Waals surface area contributed by atoms with Gasteiger partial charge in [-0.1, -0.05) is 232 Å². The Kier molecular flexibility index (Phi) is 20.4. The molecule has 470 valence electrons. The first kappa shape index (κ1) is 63.2. The van der Waals surface area contributed by atoms with Crippen molar-refractivity contribution in [3.63, 3.8) is 0 Å². The number of pyridine rings is 4. The topological polar surface area (TPSA) is 51.6 Å². The molecule has 0 bridgehead atoms. The molecule has 0 atom stereocenters. The summed E-state index contributed by atoms with van der Waals surface area (Å²) in [5, 5.41) is 4.98. The molecule has 0 spiro atoms. The number of hydrogen-bond donors (Lipinski definition) is 0. The maximum absolute atomic E-state index is 4.98. The van der Waals surface area contributed by atoms with E-state index in [-0.39, 0.29) is 0 Å². The molecule has 4 heteroatoms. The first-order valence-electron chi connectivity index (χ1n) is 35.5. The van der Waals surface area contributed by atoms with E-state index in [1.165, 1.54) is 222 Å². The summed E-state index contributed by atoms with van der Waals surface area (Å²) in [5.74, 6) is 2.95. The lowest BCUT2D eigenvalue weighted by atomic mass is 9.84. The van der Waals surface area contributed by atoms with Crippen LogP contribution in [0.5, 0.6) is 0 Å². The third-order valence-electron chi connectivity index (χ3n) is 20.6. The number of nitrogens with zero attached hydrogens (tertiary/aromatic N) is 4. The molecule has 8 aromatic carbocycles. The van der Waals surface area contributed by atoms with Gasteiger partial charge < -0.3 is 0 Å². The predicted molar refractivity (Wildman–Crippen MR) is 396 cm³/mol. The van der Waals surface area contributed by atoms with Crippen LogP contribution in [0.15, 0.2) is 212 Å². The van der Waals surface area contributed by atoms with Crippen molar-refractivity contribution in [3.05, 3.63) is 262 Å². The number of rotatable bonds is 8. The molecular formula is C89H94N4. The largest absolute Gasteiger partial charge is 0.248 e. The highest BCUT2D eigenvalue weighted by Crippen LogP contribution is 2.39. The van der Waals surface area contributed by atoms with Crippen LogP contribution in [0.25, 0.3) is 88.6 Å². The SMILES string of the molecule is Cc1cc(C)cc(-c2ccc3cc(C4CCCCC4)ccc3n2)c1.Cc1cc(C)cc(-c2ccc3ccc(C4CCCCC4)cc3n2)c1.Cc1cccc(-c2ccc3ccc(C4CCCCC4)cc3n2)c1.c1ccc(-c2ccc3ccc(C4CCCCC4)cc3n2)cc1. The molecule has 4 saturated carbocycles. The maximum Gasteiger partial charge on any atom is 0.0712 e. The molecule has 0 unspecified atom stereocenters. The van der Waals surface area contributed by atoms with Crippen molar-refractivity contribution in [2.45, 2.75) is 187 Å². The molecule has 0 amide bonds. The minimum absolute atomic E-state index is 0.731. The molecule has 0 saturated heterocycles. The Labute approximate surface area is 554 Å². The summed E-state index contributed by atoms with van der Waals surface area (Å²) in [5.41, 5.74) is 26.0. The fourth-order valence-electron chi connectivity index (χ4n) is 15.6. The molecular weight excluding hydrogens is 1130 g/mol. The van der Waals surface area contributed by atoms with Gasteiger partial charge in [-0.15, -0.1) is 0 Å². The Balaban J connectivity index is 0.000000113. The van der Waals surface area contributed by atoms with Crippen molar-refractivity contribution < 1.29 is 0 Å². The lowest BCUT2D eigenvalue weighted by molar-refractivity contribution is 0.444. The summed E-state index contributed by atoms with van der Waals surface area (Å²) >= 11 is 0. The van der Waals surface area contributed by atoms with Crippen LogP contribution in [0, 0.1) is 34.6 Å². The smallest absolute Gasteiger partial charge is 0.0712 e. The van der Waals surface area contributed by atoms with Crippen LogP contribution in [0.1, 0.15) is 202 Å². The summed E-state index contributed by atoms with van der Waals surface area (Å²) in [6.07, 6.45) is 27.3. The van der Waals surface area contributed by atoms with Crippen molar-refractivity contribution in [1.29, 1.82) is 0 Å². The zero-order valence-electron chi connectivity index (χ0n) is 55.9. The van der Waals surface area contributed by atoms with Crippen LogP contribution in [0.3, 0.4) is 0 Å². The van der Waals surface area contributed by atoms with Crippen LogP contribution in [-0.4, -0.2) is 19.9 Å². The molecule has 12 aromatic rings. The Morgan fingerprint density at radius 3 is 0.925 bits per heavy atom. The van der Waals surface area contributed by atoms with E-state index in [1.807, 2.05) is 6.07 Å². The highest BCUT2D eigenvalue weighted by Gasteiger charge is 2.20. The van der Waals surface area contributed by atoms with E-state index >= 15 is 0 Å². The minimum atomic E-state index is 0.731. The number of aromatic nitrogens is 4. The zero-order chi connectivity index (χ0) is 63.5. The summed E-state index contributed by atoms with van der Waals surface area (Å²) in [7, 11) is 0. The maximum atomic E-state index is 4.98. The second-order valence-electron chi connectivity index (χ2n) is 27.9. The normalized spacial score (nSPS) is 15.8. The molecule has 16 rings (SSSR count). The standard InChI is InChI=1S/2C23H25N.C22H23N.C21H21N/c1-16-12-17(2)14-21(13-16)23-11-9-20-15-19(8-10-22(20)24-23)18-6-4-3-5-7-18;1-16-12-17(2)14-21(13-16)22-11-10-19-8-9-20(15-23(19)24-22)18-6-4-3-5-7-18;1-16-6-5-9-20(14-16)21-13-12-18-10-11-19(15-22(18)23-21)17-7-3-2-4-8-17;1-3-7-16(8-4-1)19-12-11-18-13-14-20(22-21(18)15-19)17-9-5-2-6-10-17/h2*8-15,18H,3-7H2,1-2H3;5-6,9-15,17H,2-4,7-8H2,1H3;2,5-6,9-16H,1,3-4,7-8H2. The van der Waals surface area contributed by atoms with Gasteiger partial charge in [0.15, 0.2) is 0 Å². The average Bonchev–Trinajstić information content (AvgIpc) is 1.09. The van der Waals surface area contributed by atoms with E-state index < -0.39 is 0 Å². The van der Waals surface area contributed by atoms with E-state index in [0.29, 0.717) is 0 Å². The third kappa shape index (κ3) is 16.1. The third-order valence-corrected chi connectivity index (χ3v) is 20.6. The lowest BCUT2D eigenvalue weighted by Gasteiger charge is -2.22. The van der Waals surface area contributed by atoms with Gasteiger partial charge in [-0.2, -0.15) is 0 Å². The second-order valence-corrected chi connectivity index (χ2v) is 27.9. The Morgan fingerprint density at radius 1 is 0.215 bits per heavy atom. The summed E-state index contributed by atoms with van der Waals surface area (Å²) in [4.78, 5) is 19.7. The van der Waals surface area contributed by atoms with Crippen molar-refractivity contribution in [2.75, 3.05) is 0 Å². The van der Waals surface area contributed by atoms with Gasteiger partial charge in [0.2, 0.25) is 0 Å². The molecule has 93 heavy (non-hydrogen) atoms. The molecule has 4 nitrogen and oxygen atoms in total. The first-order chi connectivity index (χ1) is 45.6. The number of fused-ring (bicyclic) bond motifs is 4. The molecule has 0 radical (unpaired) electrons. The quantitative estimate of drug-likeness (QED) is 0.152. The van der Waals surface area contributed by atoms with Crippen LogP contribution in [0.4, 0.5) is 0 Å². The van der Waals surface area contributed by atoms with Crippen LogP contribution < -0.4 is 0 Å². The van der Waals surface area contributed by atoms with E-state index in [4.69, 9.17) is 19.9 Å². The Morgan fingerprint density at radius 2 is 0.527 bits per heavy atom. The Bertz CT molecular complexity index is 4460. The van der Waals surface area contributed by atoms with Crippen LogP contribution >= 0.6 is 0 Å². The van der Waals surface area contributed by atoms with Gasteiger partial charge in [-0.25, -0.2) is 19.9 Å². The fraction of sp³-hybridized carbons (Fsp3) is 0.326. The molecule has 4 aliphatic carbocycles. The van der Waals surface area contributed by atoms with Crippen LogP contribution in [0.2, 0.25) is 0 Å². The lowest BCUT2D eigenvalue weighted by Crippen LogP contribution is -2.04. The van der Waals surface area contributed by atoms with Crippen molar-refractivity contribution >= 4 is 43.6 Å². The number of hydrogen-bond acceptors (Lipinski definition) is 4. The number of benzene rings is 8. The van der Waals surface area contributed by atoms with Gasteiger partial charge in [0.25, 0.3) is 0 Å². The summed E-state index contributed by atoms with van der Waals surface area (Å²) in [6.45, 7) is 10.7. The highest BCUT2D eigenvalue weighted by molar-refractivity contribution is 5.86. The van der Waals surface area contributed by atoms with E-state index in [9.17, 15) is 0 Å². The average molecular weight is 1220 g/mol. The minimum Gasteiger partial charge on any atom is -0.248 e. The van der Waals surface area contributed by atoms with Gasteiger partial charge in [-0.05, 0) is 217 Å². The molecule has 0 N–H and O–H groups in total. The Hall–Kier alpha value is -8.60. The van der Waals surface area contributed by atoms with Gasteiger partial charge in [-0.3, -0.25) is 0 Å². The molecule has 4 fully saturated rings. The van der Waals surface area contributed by atoms with Gasteiger partial charge >= 0.3 is 0 Å². The fourth-order valence-corrected chi connectivity index (χ4v) is 15.6. The second kappa shape index (κ2) is 30.0. The first-order valence-corrected chi connectivity index (χ1v) is 35.5. The molecule has 4 aliphatic rings. The highest BCUT2D eigenvalue weighted by atomic mass is 14.7. The van der Waals surface area contributed by atoms with Crippen molar-refractivity contribution in [3.8, 4) is 45.0 Å².